The van der Waals surface area contributed by atoms with Crippen LogP contribution in [0, 0.1) is 0 Å². The lowest BCUT2D eigenvalue weighted by Gasteiger charge is -2.28. The molecule has 0 spiro atoms. The molecular weight excluding hydrogens is 190 g/mol. The number of phenolic OH excluding ortho intramolecular Hbond substituents is 2. The Bertz CT molecular complexity index is 300. The summed E-state index contributed by atoms with van der Waals surface area (Å²) in [5.74, 6) is -0.0979. The molecule has 3 nitrogen and oxygen atoms in total. The van der Waals surface area contributed by atoms with Gasteiger partial charge in [0.05, 0.1) is 0 Å². The summed E-state index contributed by atoms with van der Waals surface area (Å²) in [6, 6.07) is 5.30. The standard InChI is InChI=1S/C9H11NO2.ClH/c11-8-2-1-6(5-9(8)12)7-3-4-10-7;/h1-2,5,7,10-12H,3-4H2;1H/t7-;/m1./s1. The quantitative estimate of drug-likeness (QED) is 0.605. The minimum atomic E-state index is -0.0573. The van der Waals surface area contributed by atoms with E-state index in [1.54, 1.807) is 6.07 Å². The number of hydrogen-bond acceptors (Lipinski definition) is 3. The van der Waals surface area contributed by atoms with E-state index in [0.717, 1.165) is 18.5 Å². The van der Waals surface area contributed by atoms with Crippen LogP contribution in [0.3, 0.4) is 0 Å². The lowest BCUT2D eigenvalue weighted by Crippen LogP contribution is -2.34. The average Bonchev–Trinajstić information content (AvgIpc) is 1.93. The van der Waals surface area contributed by atoms with Gasteiger partial charge in [0.15, 0.2) is 11.5 Å². The Labute approximate surface area is 82.8 Å². The topological polar surface area (TPSA) is 52.5 Å². The molecule has 4 heteroatoms. The molecule has 0 aliphatic carbocycles. The average molecular weight is 202 g/mol. The summed E-state index contributed by atoms with van der Waals surface area (Å²) in [4.78, 5) is 0. The zero-order valence-electron chi connectivity index (χ0n) is 7.03. The first-order valence-corrected chi connectivity index (χ1v) is 4.02. The number of halogens is 1. The van der Waals surface area contributed by atoms with Gasteiger partial charge in [-0.05, 0) is 30.7 Å². The first-order chi connectivity index (χ1) is 5.77. The molecule has 1 fully saturated rings. The SMILES string of the molecule is Cl.Oc1ccc([C@H]2CCN2)cc1O. The maximum absolute atomic E-state index is 9.19. The molecular formula is C9H12ClNO2. The summed E-state index contributed by atoms with van der Waals surface area (Å²) >= 11 is 0. The van der Waals surface area contributed by atoms with Gasteiger partial charge in [-0.3, -0.25) is 0 Å². The third-order valence-corrected chi connectivity index (χ3v) is 2.23. The maximum atomic E-state index is 9.19. The van der Waals surface area contributed by atoms with Crippen molar-refractivity contribution < 1.29 is 10.2 Å². The fourth-order valence-corrected chi connectivity index (χ4v) is 1.33. The van der Waals surface area contributed by atoms with Crippen LogP contribution in [0.25, 0.3) is 0 Å². The molecule has 1 aromatic rings. The molecule has 2 rings (SSSR count). The van der Waals surface area contributed by atoms with Gasteiger partial charge in [0.2, 0.25) is 0 Å². The maximum Gasteiger partial charge on any atom is 0.157 e. The van der Waals surface area contributed by atoms with Gasteiger partial charge in [-0.15, -0.1) is 12.4 Å². The summed E-state index contributed by atoms with van der Waals surface area (Å²) < 4.78 is 0. The summed E-state index contributed by atoms with van der Waals surface area (Å²) in [6.07, 6.45) is 1.10. The van der Waals surface area contributed by atoms with Crippen molar-refractivity contribution in [2.45, 2.75) is 12.5 Å². The second kappa shape index (κ2) is 3.85. The highest BCUT2D eigenvalue weighted by molar-refractivity contribution is 5.85. The lowest BCUT2D eigenvalue weighted by molar-refractivity contribution is 0.375. The fraction of sp³-hybridized carbons (Fsp3) is 0.333. The molecule has 1 saturated heterocycles. The second-order valence-corrected chi connectivity index (χ2v) is 3.04. The Balaban J connectivity index is 0.000000845. The van der Waals surface area contributed by atoms with Crippen molar-refractivity contribution in [3.05, 3.63) is 23.8 Å². The summed E-state index contributed by atoms with van der Waals surface area (Å²) in [5.41, 5.74) is 1.04. The lowest BCUT2D eigenvalue weighted by atomic mass is 9.98. The largest absolute Gasteiger partial charge is 0.504 e. The zero-order valence-corrected chi connectivity index (χ0v) is 7.84. The van der Waals surface area contributed by atoms with Gasteiger partial charge in [-0.2, -0.15) is 0 Å². The van der Waals surface area contributed by atoms with Crippen LogP contribution < -0.4 is 5.32 Å². The molecule has 0 bridgehead atoms. The van der Waals surface area contributed by atoms with Crippen LogP contribution in [0.2, 0.25) is 0 Å². The van der Waals surface area contributed by atoms with Crippen LogP contribution in [0.15, 0.2) is 18.2 Å². The zero-order chi connectivity index (χ0) is 8.55. The number of nitrogens with one attached hydrogen (secondary N) is 1. The highest BCUT2D eigenvalue weighted by Crippen LogP contribution is 2.30. The van der Waals surface area contributed by atoms with Gasteiger partial charge >= 0.3 is 0 Å². The molecule has 0 aromatic heterocycles. The molecule has 1 aliphatic rings. The number of hydrogen-bond donors (Lipinski definition) is 3. The fourth-order valence-electron chi connectivity index (χ4n) is 1.33. The van der Waals surface area contributed by atoms with Crippen LogP contribution in [0.5, 0.6) is 11.5 Å². The van der Waals surface area contributed by atoms with Crippen LogP contribution >= 0.6 is 12.4 Å². The van der Waals surface area contributed by atoms with Gasteiger partial charge in [0, 0.05) is 6.04 Å². The molecule has 0 saturated carbocycles. The predicted octanol–water partition coefficient (Wildman–Crippen LogP) is 1.55. The molecule has 1 atom stereocenters. The Morgan fingerprint density at radius 1 is 1.23 bits per heavy atom. The van der Waals surface area contributed by atoms with Gasteiger partial charge in [-0.1, -0.05) is 6.07 Å². The van der Waals surface area contributed by atoms with Crippen molar-refractivity contribution in [3.8, 4) is 11.5 Å². The Morgan fingerprint density at radius 3 is 2.38 bits per heavy atom. The van der Waals surface area contributed by atoms with E-state index in [1.807, 2.05) is 6.07 Å². The molecule has 13 heavy (non-hydrogen) atoms. The number of phenols is 2. The van der Waals surface area contributed by atoms with E-state index in [9.17, 15) is 5.11 Å². The van der Waals surface area contributed by atoms with E-state index in [2.05, 4.69) is 5.32 Å². The monoisotopic (exact) mass is 201 g/mol. The van der Waals surface area contributed by atoms with Crippen molar-refractivity contribution in [2.24, 2.45) is 0 Å². The second-order valence-electron chi connectivity index (χ2n) is 3.04. The highest BCUT2D eigenvalue weighted by Gasteiger charge is 2.18. The predicted molar refractivity (Wildman–Crippen MR) is 52.4 cm³/mol. The number of aromatic hydroxyl groups is 2. The summed E-state index contributed by atoms with van der Waals surface area (Å²) in [6.45, 7) is 1.03. The van der Waals surface area contributed by atoms with E-state index in [1.165, 1.54) is 6.07 Å². The minimum Gasteiger partial charge on any atom is -0.504 e. The van der Waals surface area contributed by atoms with Crippen LogP contribution in [0.1, 0.15) is 18.0 Å². The highest BCUT2D eigenvalue weighted by atomic mass is 35.5. The van der Waals surface area contributed by atoms with Crippen LogP contribution in [0.4, 0.5) is 0 Å². The van der Waals surface area contributed by atoms with E-state index in [4.69, 9.17) is 5.11 Å². The minimum absolute atomic E-state index is 0. The first kappa shape index (κ1) is 10.2. The Morgan fingerprint density at radius 2 is 1.92 bits per heavy atom. The third-order valence-electron chi connectivity index (χ3n) is 2.23. The van der Waals surface area contributed by atoms with Crippen molar-refractivity contribution in [3.63, 3.8) is 0 Å². The van der Waals surface area contributed by atoms with Crippen molar-refractivity contribution in [2.75, 3.05) is 6.54 Å². The molecule has 1 aromatic carbocycles. The number of benzene rings is 1. The number of rotatable bonds is 1. The van der Waals surface area contributed by atoms with Gasteiger partial charge in [0.1, 0.15) is 0 Å². The van der Waals surface area contributed by atoms with Gasteiger partial charge in [0.25, 0.3) is 0 Å². The Kier molecular flexibility index (Phi) is 3.01. The molecule has 0 unspecified atom stereocenters. The van der Waals surface area contributed by atoms with Crippen LogP contribution in [-0.4, -0.2) is 16.8 Å². The van der Waals surface area contributed by atoms with Crippen molar-refractivity contribution in [1.82, 2.24) is 5.32 Å². The first-order valence-electron chi connectivity index (χ1n) is 4.02. The molecule has 72 valence electrons. The van der Waals surface area contributed by atoms with Gasteiger partial charge < -0.3 is 15.5 Å². The Hall–Kier alpha value is -0.930. The molecule has 0 radical (unpaired) electrons. The normalized spacial score (nSPS) is 20.2. The molecule has 1 aliphatic heterocycles. The van der Waals surface area contributed by atoms with E-state index in [-0.39, 0.29) is 23.9 Å². The summed E-state index contributed by atoms with van der Waals surface area (Å²) in [5, 5.41) is 21.5. The smallest absolute Gasteiger partial charge is 0.157 e. The van der Waals surface area contributed by atoms with E-state index >= 15 is 0 Å². The van der Waals surface area contributed by atoms with Crippen LogP contribution in [-0.2, 0) is 0 Å². The molecule has 3 N–H and O–H groups in total. The summed E-state index contributed by atoms with van der Waals surface area (Å²) in [7, 11) is 0. The van der Waals surface area contributed by atoms with E-state index in [0.29, 0.717) is 6.04 Å². The van der Waals surface area contributed by atoms with E-state index < -0.39 is 0 Å². The third kappa shape index (κ3) is 1.87. The van der Waals surface area contributed by atoms with Gasteiger partial charge in [-0.25, -0.2) is 0 Å². The van der Waals surface area contributed by atoms with Crippen molar-refractivity contribution >= 4 is 12.4 Å². The molecule has 1 heterocycles. The molecule has 0 amide bonds. The van der Waals surface area contributed by atoms with Crippen molar-refractivity contribution in [1.29, 1.82) is 0 Å².